The molecule has 1 aromatic rings. The van der Waals surface area contributed by atoms with Crippen molar-refractivity contribution < 1.29 is 9.53 Å². The summed E-state index contributed by atoms with van der Waals surface area (Å²) in [5.41, 5.74) is 1.74. The highest BCUT2D eigenvalue weighted by Gasteiger charge is 2.21. The molecule has 1 aromatic carbocycles. The Morgan fingerprint density at radius 1 is 1.22 bits per heavy atom. The molecule has 0 aliphatic rings. The predicted octanol–water partition coefficient (Wildman–Crippen LogP) is 5.04. The van der Waals surface area contributed by atoms with Crippen molar-refractivity contribution in [2.75, 3.05) is 11.9 Å². The quantitative estimate of drug-likeness (QED) is 0.765. The fourth-order valence-electron chi connectivity index (χ4n) is 2.34. The van der Waals surface area contributed by atoms with Gasteiger partial charge in [0, 0.05) is 24.8 Å². The van der Waals surface area contributed by atoms with Gasteiger partial charge in [-0.05, 0) is 58.2 Å². The van der Waals surface area contributed by atoms with E-state index in [1.807, 2.05) is 39.8 Å². The van der Waals surface area contributed by atoms with Crippen molar-refractivity contribution in [3.63, 3.8) is 0 Å². The van der Waals surface area contributed by atoms with Crippen LogP contribution in [-0.2, 0) is 11.3 Å². The third kappa shape index (κ3) is 6.93. The van der Waals surface area contributed by atoms with Crippen LogP contribution in [0.25, 0.3) is 0 Å². The van der Waals surface area contributed by atoms with Crippen molar-refractivity contribution in [3.05, 3.63) is 29.8 Å². The molecule has 0 unspecified atom stereocenters. The number of carbonyl (C=O) groups is 1. The summed E-state index contributed by atoms with van der Waals surface area (Å²) in [7, 11) is 0. The Bertz CT molecular complexity index is 490. The average Bonchev–Trinajstić information content (AvgIpc) is 2.48. The summed E-state index contributed by atoms with van der Waals surface area (Å²) in [5, 5.41) is 3.54. The number of anilines is 1. The molecule has 0 saturated carbocycles. The molecule has 0 atom stereocenters. The van der Waals surface area contributed by atoms with Crippen molar-refractivity contribution in [2.24, 2.45) is 0 Å². The molecule has 4 heteroatoms. The van der Waals surface area contributed by atoms with E-state index in [1.165, 1.54) is 0 Å². The summed E-state index contributed by atoms with van der Waals surface area (Å²) < 4.78 is 5.46. The lowest BCUT2D eigenvalue weighted by Gasteiger charge is -2.26. The largest absolute Gasteiger partial charge is 0.444 e. The molecule has 23 heavy (non-hydrogen) atoms. The third-order valence-electron chi connectivity index (χ3n) is 3.69. The van der Waals surface area contributed by atoms with Crippen LogP contribution in [-0.4, -0.2) is 29.2 Å². The highest BCUT2D eigenvalue weighted by Crippen LogP contribution is 2.17. The van der Waals surface area contributed by atoms with Crippen LogP contribution < -0.4 is 5.32 Å². The van der Waals surface area contributed by atoms with E-state index >= 15 is 0 Å². The number of nitrogens with zero attached hydrogens (tertiary/aromatic N) is 1. The van der Waals surface area contributed by atoms with Gasteiger partial charge in [-0.1, -0.05) is 26.0 Å². The molecule has 4 nitrogen and oxygen atoms in total. The zero-order chi connectivity index (χ0) is 17.5. The van der Waals surface area contributed by atoms with Gasteiger partial charge in [0.25, 0.3) is 0 Å². The number of benzene rings is 1. The first-order chi connectivity index (χ1) is 10.8. The van der Waals surface area contributed by atoms with Crippen molar-refractivity contribution in [1.82, 2.24) is 4.90 Å². The van der Waals surface area contributed by atoms with Crippen LogP contribution in [0.15, 0.2) is 24.3 Å². The van der Waals surface area contributed by atoms with Crippen LogP contribution in [0.5, 0.6) is 0 Å². The molecule has 130 valence electrons. The van der Waals surface area contributed by atoms with Crippen LogP contribution >= 0.6 is 0 Å². The van der Waals surface area contributed by atoms with Crippen molar-refractivity contribution in [3.8, 4) is 0 Å². The zero-order valence-corrected chi connectivity index (χ0v) is 15.5. The minimum absolute atomic E-state index is 0.265. The number of amides is 1. The summed E-state index contributed by atoms with van der Waals surface area (Å²) in [5.74, 6) is 0. The van der Waals surface area contributed by atoms with Crippen LogP contribution in [0.3, 0.4) is 0 Å². The third-order valence-corrected chi connectivity index (χ3v) is 3.69. The number of ether oxygens (including phenoxy) is 1. The van der Waals surface area contributed by atoms with Gasteiger partial charge in [0.15, 0.2) is 0 Å². The van der Waals surface area contributed by atoms with E-state index in [4.69, 9.17) is 4.74 Å². The van der Waals surface area contributed by atoms with Gasteiger partial charge in [-0.15, -0.1) is 0 Å². The first-order valence-corrected chi connectivity index (χ1v) is 8.62. The fraction of sp³-hybridized carbons (Fsp3) is 0.632. The lowest BCUT2D eigenvalue weighted by Crippen LogP contribution is -2.36. The highest BCUT2D eigenvalue weighted by molar-refractivity contribution is 5.68. The molecule has 0 spiro atoms. The maximum Gasteiger partial charge on any atom is 0.410 e. The smallest absolute Gasteiger partial charge is 0.410 e. The van der Waals surface area contributed by atoms with Gasteiger partial charge in [0.2, 0.25) is 0 Å². The summed E-state index contributed by atoms with van der Waals surface area (Å²) in [6.45, 7) is 13.2. The van der Waals surface area contributed by atoms with Crippen molar-refractivity contribution >= 4 is 11.8 Å². The van der Waals surface area contributed by atoms with Crippen LogP contribution in [0.4, 0.5) is 10.5 Å². The average molecular weight is 320 g/mol. The van der Waals surface area contributed by atoms with E-state index in [-0.39, 0.29) is 6.09 Å². The second kappa shape index (κ2) is 8.80. The zero-order valence-electron chi connectivity index (χ0n) is 15.5. The minimum atomic E-state index is -0.469. The molecule has 0 heterocycles. The summed E-state index contributed by atoms with van der Waals surface area (Å²) in [6.07, 6.45) is 1.93. The SMILES string of the molecule is CCC(CC)Nc1cccc(CN(CC)C(=O)OC(C)(C)C)c1. The Kier molecular flexibility index (Phi) is 7.40. The molecule has 0 bridgehead atoms. The summed E-state index contributed by atoms with van der Waals surface area (Å²) >= 11 is 0. The molecule has 1 amide bonds. The number of carbonyl (C=O) groups excluding carboxylic acids is 1. The van der Waals surface area contributed by atoms with E-state index in [1.54, 1.807) is 4.90 Å². The fourth-order valence-corrected chi connectivity index (χ4v) is 2.34. The molecule has 1 N–H and O–H groups in total. The second-order valence-corrected chi connectivity index (χ2v) is 6.85. The number of hydrogen-bond acceptors (Lipinski definition) is 3. The standard InChI is InChI=1S/C19H32N2O2/c1-7-16(8-2)20-17-12-10-11-15(13-17)14-21(9-3)18(22)23-19(4,5)6/h10-13,16,20H,7-9,14H2,1-6H3. The predicted molar refractivity (Wildman–Crippen MR) is 96.8 cm³/mol. The van der Waals surface area contributed by atoms with Crippen LogP contribution in [0, 0.1) is 0 Å². The lowest BCUT2D eigenvalue weighted by atomic mass is 10.1. The Balaban J connectivity index is 2.76. The molecule has 0 saturated heterocycles. The monoisotopic (exact) mass is 320 g/mol. The Morgan fingerprint density at radius 3 is 2.39 bits per heavy atom. The Labute approximate surface area is 141 Å². The van der Waals surface area contributed by atoms with Crippen molar-refractivity contribution in [1.29, 1.82) is 0 Å². The molecule has 1 rings (SSSR count). The van der Waals surface area contributed by atoms with Gasteiger partial charge in [-0.25, -0.2) is 4.79 Å². The molecular formula is C19H32N2O2. The van der Waals surface area contributed by atoms with E-state index in [0.29, 0.717) is 19.1 Å². The number of nitrogens with one attached hydrogen (secondary N) is 1. The molecule has 0 fully saturated rings. The Morgan fingerprint density at radius 2 is 1.87 bits per heavy atom. The molecule has 0 aliphatic heterocycles. The first-order valence-electron chi connectivity index (χ1n) is 8.62. The van der Waals surface area contributed by atoms with E-state index in [0.717, 1.165) is 24.1 Å². The highest BCUT2D eigenvalue weighted by atomic mass is 16.6. The topological polar surface area (TPSA) is 41.6 Å². The van der Waals surface area contributed by atoms with Crippen LogP contribution in [0.2, 0.25) is 0 Å². The molecule has 0 aliphatic carbocycles. The second-order valence-electron chi connectivity index (χ2n) is 6.85. The van der Waals surface area contributed by atoms with E-state index in [2.05, 4.69) is 31.3 Å². The van der Waals surface area contributed by atoms with E-state index < -0.39 is 5.60 Å². The molecule has 0 radical (unpaired) electrons. The first kappa shape index (κ1) is 19.3. The molecule has 0 aromatic heterocycles. The van der Waals surface area contributed by atoms with Crippen molar-refractivity contribution in [2.45, 2.75) is 72.6 Å². The van der Waals surface area contributed by atoms with Crippen LogP contribution in [0.1, 0.15) is 59.9 Å². The lowest BCUT2D eigenvalue weighted by molar-refractivity contribution is 0.0244. The van der Waals surface area contributed by atoms with Gasteiger partial charge < -0.3 is 15.0 Å². The van der Waals surface area contributed by atoms with Gasteiger partial charge >= 0.3 is 6.09 Å². The maximum absolute atomic E-state index is 12.2. The van der Waals surface area contributed by atoms with Gasteiger partial charge in [-0.3, -0.25) is 0 Å². The minimum Gasteiger partial charge on any atom is -0.444 e. The summed E-state index contributed by atoms with van der Waals surface area (Å²) in [4.78, 5) is 14.0. The Hall–Kier alpha value is -1.71. The van der Waals surface area contributed by atoms with Gasteiger partial charge in [0.05, 0.1) is 0 Å². The maximum atomic E-state index is 12.2. The van der Waals surface area contributed by atoms with Gasteiger partial charge in [-0.2, -0.15) is 0 Å². The van der Waals surface area contributed by atoms with Gasteiger partial charge in [0.1, 0.15) is 5.60 Å². The number of hydrogen-bond donors (Lipinski definition) is 1. The number of rotatable bonds is 7. The normalized spacial score (nSPS) is 11.4. The van der Waals surface area contributed by atoms with E-state index in [9.17, 15) is 4.79 Å². The summed E-state index contributed by atoms with van der Waals surface area (Å²) in [6, 6.07) is 8.75. The molecular weight excluding hydrogens is 288 g/mol.